The van der Waals surface area contributed by atoms with E-state index in [1.54, 1.807) is 0 Å². The molecule has 0 amide bonds. The summed E-state index contributed by atoms with van der Waals surface area (Å²) in [7, 11) is 0. The van der Waals surface area contributed by atoms with Crippen LogP contribution in [0.3, 0.4) is 0 Å². The zero-order valence-electron chi connectivity index (χ0n) is 31.2. The molecule has 0 aliphatic heterocycles. The monoisotopic (exact) mass is 699 g/mol. The first-order chi connectivity index (χ1) is 26.5. The lowest BCUT2D eigenvalue weighted by atomic mass is 9.69. The van der Waals surface area contributed by atoms with Crippen molar-refractivity contribution in [3.63, 3.8) is 0 Å². The highest BCUT2D eigenvalue weighted by Gasteiger charge is 2.38. The standard InChI is InChI=1S/C52H45NO/c1-51(2)46-31-29-40(34-45(46)50-42(21-15-22-47(50)51)36-16-7-5-8-17-36)53(41-28-30-44-43-20-11-12-23-48(43)54-49(44)35-41)39-26-24-38(25-27-39)52(32-13-3-4-14-33-52)37-18-9-6-10-19-37/h5-12,15-31,34-35H,3-4,13-14,32-33H2,1-2H3. The Kier molecular flexibility index (Phi) is 7.84. The number of benzene rings is 7. The van der Waals surface area contributed by atoms with Gasteiger partial charge in [-0.05, 0) is 99.8 Å². The molecule has 1 saturated carbocycles. The van der Waals surface area contributed by atoms with Crippen LogP contribution in [0, 0.1) is 0 Å². The maximum atomic E-state index is 6.47. The summed E-state index contributed by atoms with van der Waals surface area (Å²) in [5, 5.41) is 2.29. The third kappa shape index (κ3) is 5.22. The van der Waals surface area contributed by atoms with Crippen molar-refractivity contribution in [2.45, 2.75) is 63.2 Å². The molecule has 7 aromatic carbocycles. The van der Waals surface area contributed by atoms with E-state index in [-0.39, 0.29) is 10.8 Å². The van der Waals surface area contributed by atoms with E-state index >= 15 is 0 Å². The minimum absolute atomic E-state index is 0.0327. The molecule has 0 atom stereocenters. The minimum Gasteiger partial charge on any atom is -0.456 e. The lowest BCUT2D eigenvalue weighted by molar-refractivity contribution is 0.446. The van der Waals surface area contributed by atoms with Gasteiger partial charge >= 0.3 is 0 Å². The Labute approximate surface area is 318 Å². The first kappa shape index (κ1) is 32.8. The molecule has 1 aromatic heterocycles. The number of anilines is 3. The van der Waals surface area contributed by atoms with Crippen LogP contribution in [-0.4, -0.2) is 0 Å². The predicted molar refractivity (Wildman–Crippen MR) is 226 cm³/mol. The number of hydrogen-bond acceptors (Lipinski definition) is 2. The summed E-state index contributed by atoms with van der Waals surface area (Å²) < 4.78 is 6.47. The zero-order chi connectivity index (χ0) is 36.3. The third-order valence-electron chi connectivity index (χ3n) is 12.6. The second kappa shape index (κ2) is 12.9. The van der Waals surface area contributed by atoms with Gasteiger partial charge in [-0.25, -0.2) is 0 Å². The molecule has 0 bridgehead atoms. The first-order valence-corrected chi connectivity index (χ1v) is 19.7. The van der Waals surface area contributed by atoms with Crippen LogP contribution in [0.2, 0.25) is 0 Å². The van der Waals surface area contributed by atoms with Crippen molar-refractivity contribution in [3.05, 3.63) is 186 Å². The topological polar surface area (TPSA) is 16.4 Å². The van der Waals surface area contributed by atoms with Crippen molar-refractivity contribution in [3.8, 4) is 22.3 Å². The molecule has 1 heterocycles. The third-order valence-corrected chi connectivity index (χ3v) is 12.6. The van der Waals surface area contributed by atoms with Crippen LogP contribution in [0.15, 0.2) is 168 Å². The highest BCUT2D eigenvalue weighted by atomic mass is 16.3. The summed E-state index contributed by atoms with van der Waals surface area (Å²) in [4.78, 5) is 2.43. The van der Waals surface area contributed by atoms with Gasteiger partial charge in [0.2, 0.25) is 0 Å². The minimum atomic E-state index is -0.113. The van der Waals surface area contributed by atoms with Gasteiger partial charge in [-0.3, -0.25) is 0 Å². The summed E-state index contributed by atoms with van der Waals surface area (Å²) in [5.41, 5.74) is 15.9. The van der Waals surface area contributed by atoms with Crippen LogP contribution in [0.5, 0.6) is 0 Å². The SMILES string of the molecule is CC1(C)c2ccc(N(c3ccc(C4(c5ccccc5)CCCCCC4)cc3)c3ccc4c(c3)oc3ccccc34)cc2-c2c(-c3ccccc3)cccc21. The maximum absolute atomic E-state index is 6.47. The van der Waals surface area contributed by atoms with E-state index < -0.39 is 0 Å². The molecular weight excluding hydrogens is 655 g/mol. The molecule has 2 heteroatoms. The molecule has 54 heavy (non-hydrogen) atoms. The Hall–Kier alpha value is -5.86. The molecule has 10 rings (SSSR count). The smallest absolute Gasteiger partial charge is 0.137 e. The fourth-order valence-electron chi connectivity index (χ4n) is 9.85. The van der Waals surface area contributed by atoms with Crippen molar-refractivity contribution < 1.29 is 4.42 Å². The molecular formula is C52H45NO. The van der Waals surface area contributed by atoms with E-state index in [2.05, 4.69) is 176 Å². The van der Waals surface area contributed by atoms with Gasteiger partial charge in [-0.1, -0.05) is 155 Å². The Morgan fingerprint density at radius 3 is 1.87 bits per heavy atom. The van der Waals surface area contributed by atoms with E-state index in [1.165, 1.54) is 83.0 Å². The summed E-state index contributed by atoms with van der Waals surface area (Å²) in [6, 6.07) is 60.7. The fourth-order valence-corrected chi connectivity index (χ4v) is 9.85. The van der Waals surface area contributed by atoms with Crippen molar-refractivity contribution in [2.75, 3.05) is 4.90 Å². The van der Waals surface area contributed by atoms with Gasteiger partial charge in [0.05, 0.1) is 0 Å². The second-order valence-electron chi connectivity index (χ2n) is 16.0. The lowest BCUT2D eigenvalue weighted by Crippen LogP contribution is -2.27. The zero-order valence-corrected chi connectivity index (χ0v) is 31.2. The molecule has 0 radical (unpaired) electrons. The van der Waals surface area contributed by atoms with Crippen molar-refractivity contribution in [1.82, 2.24) is 0 Å². The van der Waals surface area contributed by atoms with Gasteiger partial charge < -0.3 is 9.32 Å². The Bertz CT molecular complexity index is 2620. The van der Waals surface area contributed by atoms with E-state index in [0.29, 0.717) is 0 Å². The van der Waals surface area contributed by atoms with Crippen LogP contribution in [0.1, 0.15) is 74.6 Å². The molecule has 0 N–H and O–H groups in total. The van der Waals surface area contributed by atoms with Crippen molar-refractivity contribution >= 4 is 39.0 Å². The van der Waals surface area contributed by atoms with Gasteiger partial charge in [0.25, 0.3) is 0 Å². The number of furan rings is 1. The Balaban J connectivity index is 1.15. The van der Waals surface area contributed by atoms with Gasteiger partial charge in [0, 0.05) is 44.7 Å². The normalized spacial score (nSPS) is 15.8. The van der Waals surface area contributed by atoms with Crippen molar-refractivity contribution in [2.24, 2.45) is 0 Å². The average Bonchev–Trinajstić information content (AvgIpc) is 3.56. The highest BCUT2D eigenvalue weighted by molar-refractivity contribution is 6.06. The molecule has 0 saturated heterocycles. The van der Waals surface area contributed by atoms with Gasteiger partial charge in [-0.2, -0.15) is 0 Å². The molecule has 8 aromatic rings. The molecule has 2 aliphatic carbocycles. The summed E-state index contributed by atoms with van der Waals surface area (Å²) in [5.74, 6) is 0. The fraction of sp³-hybridized carbons (Fsp3) is 0.192. The Morgan fingerprint density at radius 1 is 0.463 bits per heavy atom. The maximum Gasteiger partial charge on any atom is 0.137 e. The quantitative estimate of drug-likeness (QED) is 0.161. The van der Waals surface area contributed by atoms with Crippen LogP contribution in [0.25, 0.3) is 44.2 Å². The van der Waals surface area contributed by atoms with Gasteiger partial charge in [0.1, 0.15) is 11.2 Å². The van der Waals surface area contributed by atoms with E-state index in [1.807, 2.05) is 6.07 Å². The number of hydrogen-bond donors (Lipinski definition) is 0. The van der Waals surface area contributed by atoms with E-state index in [4.69, 9.17) is 4.42 Å². The molecule has 0 unspecified atom stereocenters. The molecule has 1 fully saturated rings. The Morgan fingerprint density at radius 2 is 1.09 bits per heavy atom. The van der Waals surface area contributed by atoms with E-state index in [0.717, 1.165) is 39.0 Å². The number of rotatable bonds is 6. The average molecular weight is 700 g/mol. The molecule has 2 nitrogen and oxygen atoms in total. The lowest BCUT2D eigenvalue weighted by Gasteiger charge is -2.35. The predicted octanol–water partition coefficient (Wildman–Crippen LogP) is 14.7. The van der Waals surface area contributed by atoms with Crippen LogP contribution in [0.4, 0.5) is 17.1 Å². The highest BCUT2D eigenvalue weighted by Crippen LogP contribution is 2.54. The largest absolute Gasteiger partial charge is 0.456 e. The van der Waals surface area contributed by atoms with E-state index in [9.17, 15) is 0 Å². The summed E-state index contributed by atoms with van der Waals surface area (Å²) >= 11 is 0. The number of para-hydroxylation sites is 1. The van der Waals surface area contributed by atoms with Crippen molar-refractivity contribution in [1.29, 1.82) is 0 Å². The molecule has 2 aliphatic rings. The first-order valence-electron chi connectivity index (χ1n) is 19.7. The number of fused-ring (bicyclic) bond motifs is 6. The van der Waals surface area contributed by atoms with Crippen LogP contribution < -0.4 is 4.90 Å². The van der Waals surface area contributed by atoms with Gasteiger partial charge in [-0.15, -0.1) is 0 Å². The summed E-state index contributed by atoms with van der Waals surface area (Å²) in [6.07, 6.45) is 7.53. The second-order valence-corrected chi connectivity index (χ2v) is 16.0. The number of nitrogens with zero attached hydrogens (tertiary/aromatic N) is 1. The van der Waals surface area contributed by atoms with Crippen LogP contribution in [-0.2, 0) is 10.8 Å². The van der Waals surface area contributed by atoms with Gasteiger partial charge in [0.15, 0.2) is 0 Å². The summed E-state index contributed by atoms with van der Waals surface area (Å²) in [6.45, 7) is 4.74. The molecule has 264 valence electrons. The molecule has 0 spiro atoms. The van der Waals surface area contributed by atoms with Crippen LogP contribution >= 0.6 is 0 Å².